The Morgan fingerprint density at radius 1 is 1.17 bits per heavy atom. The van der Waals surface area contributed by atoms with Gasteiger partial charge in [0.1, 0.15) is 12.4 Å². The molecular weight excluding hydrogens is 489 g/mol. The molecule has 0 unspecified atom stereocenters. The molecule has 0 amide bonds. The summed E-state index contributed by atoms with van der Waals surface area (Å²) in [7, 11) is -5.42. The maximum absolute atomic E-state index is 12.8. The largest absolute Gasteiger partial charge is 0.511 e. The number of alkyl halides is 3. The Bertz CT molecular complexity index is 1120. The quantitative estimate of drug-likeness (QED) is 0.437. The molecule has 1 aliphatic carbocycles. The first-order valence-electron chi connectivity index (χ1n) is 11.7. The number of H-pyrrole nitrogens is 1. The SMILES string of the molecule is O=CCOc1ccc2[nH]ncc2c1C1CCC(OC[C@@H]2NCCC[C@@H]2NS(=O)(=O)C(F)(F)F)CC1. The second-order valence-corrected chi connectivity index (χ2v) is 10.7. The van der Waals surface area contributed by atoms with Crippen molar-refractivity contribution in [2.45, 2.75) is 68.1 Å². The predicted octanol–water partition coefficient (Wildman–Crippen LogP) is 2.74. The van der Waals surface area contributed by atoms with Crippen LogP contribution in [0, 0.1) is 0 Å². The van der Waals surface area contributed by atoms with E-state index in [-0.39, 0.29) is 25.2 Å². The van der Waals surface area contributed by atoms with Crippen LogP contribution >= 0.6 is 0 Å². The summed E-state index contributed by atoms with van der Waals surface area (Å²) < 4.78 is 75.0. The van der Waals surface area contributed by atoms with Crippen molar-refractivity contribution in [3.63, 3.8) is 0 Å². The maximum atomic E-state index is 12.8. The van der Waals surface area contributed by atoms with E-state index in [2.05, 4.69) is 15.5 Å². The number of fused-ring (bicyclic) bond motifs is 1. The lowest BCUT2D eigenvalue weighted by molar-refractivity contribution is -0.109. The Balaban J connectivity index is 1.36. The van der Waals surface area contributed by atoms with Gasteiger partial charge >= 0.3 is 15.5 Å². The van der Waals surface area contributed by atoms with Crippen molar-refractivity contribution in [1.29, 1.82) is 0 Å². The number of halogens is 3. The second kappa shape index (κ2) is 10.8. The lowest BCUT2D eigenvalue weighted by Gasteiger charge is -2.35. The Kier molecular flexibility index (Phi) is 7.99. The number of carbonyl (C=O) groups is 1. The van der Waals surface area contributed by atoms with Crippen LogP contribution < -0.4 is 14.8 Å². The zero-order valence-corrected chi connectivity index (χ0v) is 19.8. The van der Waals surface area contributed by atoms with Crippen LogP contribution in [0.15, 0.2) is 18.3 Å². The standard InChI is InChI=1S/C22H29F3N4O5S/c23-22(24,25)35(31,32)29-18-2-1-9-26-19(18)13-34-15-5-3-14(4-6-15)21-16-12-27-28-17(16)7-8-20(21)33-11-10-30/h7-8,10,12,14-15,18-19,26,29H,1-6,9,11,13H2,(H,27,28)/t14?,15?,18-,19-/m0/s1. The monoisotopic (exact) mass is 518 g/mol. The number of ether oxygens (including phenoxy) is 2. The normalized spacial score (nSPS) is 26.0. The number of rotatable bonds is 9. The first kappa shape index (κ1) is 25.9. The van der Waals surface area contributed by atoms with Crippen molar-refractivity contribution in [2.75, 3.05) is 19.8 Å². The molecule has 1 aromatic carbocycles. The number of aromatic amines is 1. The third-order valence-electron chi connectivity index (χ3n) is 6.72. The summed E-state index contributed by atoms with van der Waals surface area (Å²) in [5, 5.41) is 11.1. The van der Waals surface area contributed by atoms with Crippen LogP contribution in [0.5, 0.6) is 5.75 Å². The van der Waals surface area contributed by atoms with Gasteiger partial charge in [-0.3, -0.25) is 9.89 Å². The molecule has 13 heteroatoms. The van der Waals surface area contributed by atoms with Crippen LogP contribution in [-0.2, 0) is 19.6 Å². The summed E-state index contributed by atoms with van der Waals surface area (Å²) in [6, 6.07) is 2.27. The van der Waals surface area contributed by atoms with E-state index in [0.717, 1.165) is 42.1 Å². The molecule has 35 heavy (non-hydrogen) atoms. The van der Waals surface area contributed by atoms with Gasteiger partial charge < -0.3 is 14.8 Å². The maximum Gasteiger partial charge on any atom is 0.511 e. The molecule has 0 bridgehead atoms. The zero-order chi connectivity index (χ0) is 25.1. The molecule has 4 rings (SSSR count). The van der Waals surface area contributed by atoms with Crippen molar-refractivity contribution >= 4 is 27.2 Å². The first-order chi connectivity index (χ1) is 16.7. The highest BCUT2D eigenvalue weighted by molar-refractivity contribution is 7.90. The minimum Gasteiger partial charge on any atom is -0.486 e. The molecule has 0 radical (unpaired) electrons. The number of piperidine rings is 1. The van der Waals surface area contributed by atoms with E-state index in [1.165, 1.54) is 0 Å². The number of aromatic nitrogens is 2. The highest BCUT2D eigenvalue weighted by Crippen LogP contribution is 2.42. The lowest BCUT2D eigenvalue weighted by atomic mass is 9.81. The van der Waals surface area contributed by atoms with Crippen molar-refractivity contribution < 1.29 is 35.9 Å². The van der Waals surface area contributed by atoms with Gasteiger partial charge in [0.2, 0.25) is 0 Å². The molecule has 1 saturated heterocycles. The van der Waals surface area contributed by atoms with Gasteiger partial charge in [-0.25, -0.2) is 13.1 Å². The van der Waals surface area contributed by atoms with Crippen LogP contribution in [-0.4, -0.2) is 68.4 Å². The number of sulfonamides is 1. The summed E-state index contributed by atoms with van der Waals surface area (Å²) in [6.45, 7) is 0.664. The van der Waals surface area contributed by atoms with Gasteiger partial charge in [-0.1, -0.05) is 0 Å². The van der Waals surface area contributed by atoms with Gasteiger partial charge in [0.15, 0.2) is 6.29 Å². The highest BCUT2D eigenvalue weighted by Gasteiger charge is 2.48. The van der Waals surface area contributed by atoms with E-state index in [9.17, 15) is 26.4 Å². The van der Waals surface area contributed by atoms with E-state index in [1.54, 1.807) is 10.9 Å². The smallest absolute Gasteiger partial charge is 0.486 e. The predicted molar refractivity (Wildman–Crippen MR) is 122 cm³/mol. The molecule has 1 saturated carbocycles. The van der Waals surface area contributed by atoms with Crippen LogP contribution in [0.4, 0.5) is 13.2 Å². The van der Waals surface area contributed by atoms with Crippen LogP contribution in [0.1, 0.15) is 50.0 Å². The van der Waals surface area contributed by atoms with Gasteiger partial charge in [0.05, 0.1) is 24.4 Å². The molecule has 3 N–H and O–H groups in total. The summed E-state index contributed by atoms with van der Waals surface area (Å²) in [6.07, 6.45) is 6.31. The molecule has 1 aliphatic heterocycles. The molecule has 194 valence electrons. The molecule has 2 aliphatic rings. The first-order valence-corrected chi connectivity index (χ1v) is 13.1. The molecule has 2 atom stereocenters. The average Bonchev–Trinajstić information content (AvgIpc) is 3.30. The third-order valence-corrected chi connectivity index (χ3v) is 7.94. The fourth-order valence-corrected chi connectivity index (χ4v) is 5.80. The Morgan fingerprint density at radius 3 is 2.66 bits per heavy atom. The number of benzene rings is 1. The number of nitrogens with zero attached hydrogens (tertiary/aromatic N) is 1. The number of aldehydes is 1. The van der Waals surface area contributed by atoms with E-state index in [0.29, 0.717) is 31.4 Å². The molecule has 2 heterocycles. The van der Waals surface area contributed by atoms with Crippen LogP contribution in [0.2, 0.25) is 0 Å². The van der Waals surface area contributed by atoms with Crippen LogP contribution in [0.25, 0.3) is 10.9 Å². The molecule has 2 aromatic rings. The van der Waals surface area contributed by atoms with E-state index >= 15 is 0 Å². The molecule has 0 spiro atoms. The van der Waals surface area contributed by atoms with Gasteiger partial charge in [-0.15, -0.1) is 0 Å². The van der Waals surface area contributed by atoms with Crippen molar-refractivity contribution in [1.82, 2.24) is 20.2 Å². The van der Waals surface area contributed by atoms with Gasteiger partial charge in [0.25, 0.3) is 0 Å². The Labute approximate surface area is 201 Å². The minimum atomic E-state index is -5.42. The lowest BCUT2D eigenvalue weighted by Crippen LogP contribution is -2.57. The topological polar surface area (TPSA) is 122 Å². The summed E-state index contributed by atoms with van der Waals surface area (Å²) in [5.74, 6) is 0.832. The van der Waals surface area contributed by atoms with E-state index in [1.807, 2.05) is 12.1 Å². The van der Waals surface area contributed by atoms with Gasteiger partial charge in [0, 0.05) is 23.0 Å². The fourth-order valence-electron chi connectivity index (χ4n) is 4.98. The van der Waals surface area contributed by atoms with Gasteiger partial charge in [-0.2, -0.15) is 18.3 Å². The highest BCUT2D eigenvalue weighted by atomic mass is 32.2. The Hall–Kier alpha value is -2.22. The number of hydrogen-bond acceptors (Lipinski definition) is 7. The summed E-state index contributed by atoms with van der Waals surface area (Å²) in [5.41, 5.74) is -3.46. The number of hydrogen-bond donors (Lipinski definition) is 3. The number of carbonyl (C=O) groups excluding carboxylic acids is 1. The zero-order valence-electron chi connectivity index (χ0n) is 19.0. The summed E-state index contributed by atoms with van der Waals surface area (Å²) in [4.78, 5) is 10.8. The van der Waals surface area contributed by atoms with E-state index in [4.69, 9.17) is 9.47 Å². The summed E-state index contributed by atoms with van der Waals surface area (Å²) >= 11 is 0. The van der Waals surface area contributed by atoms with E-state index < -0.39 is 27.6 Å². The average molecular weight is 519 g/mol. The second-order valence-electron chi connectivity index (χ2n) is 8.97. The molecule has 2 fully saturated rings. The Morgan fingerprint density at radius 2 is 1.94 bits per heavy atom. The van der Waals surface area contributed by atoms with Crippen LogP contribution in [0.3, 0.4) is 0 Å². The fraction of sp³-hybridized carbons (Fsp3) is 0.636. The van der Waals surface area contributed by atoms with Crippen molar-refractivity contribution in [3.8, 4) is 5.75 Å². The van der Waals surface area contributed by atoms with Crippen molar-refractivity contribution in [2.24, 2.45) is 0 Å². The molecule has 1 aromatic heterocycles. The third kappa shape index (κ3) is 5.96. The minimum absolute atomic E-state index is 0.0392. The number of nitrogens with one attached hydrogen (secondary N) is 3. The molecular formula is C22H29F3N4O5S. The van der Waals surface area contributed by atoms with Crippen molar-refractivity contribution in [3.05, 3.63) is 23.9 Å². The van der Waals surface area contributed by atoms with Gasteiger partial charge in [-0.05, 0) is 63.1 Å². The molecule has 9 nitrogen and oxygen atoms in total.